The Hall–Kier alpha value is -4.50. The van der Waals surface area contributed by atoms with Gasteiger partial charge in [0.2, 0.25) is 5.95 Å². The smallest absolute Gasteiger partial charge is 0.396 e. The highest BCUT2D eigenvalue weighted by Gasteiger charge is 2.25. The van der Waals surface area contributed by atoms with Crippen molar-refractivity contribution >= 4 is 22.9 Å². The van der Waals surface area contributed by atoms with E-state index in [1.807, 2.05) is 6.92 Å². The van der Waals surface area contributed by atoms with Gasteiger partial charge in [0, 0.05) is 36.5 Å². The summed E-state index contributed by atoms with van der Waals surface area (Å²) in [5, 5.41) is 13.7. The molecule has 1 saturated carbocycles. The predicted molar refractivity (Wildman–Crippen MR) is 155 cm³/mol. The first kappa shape index (κ1) is 29.6. The van der Waals surface area contributed by atoms with E-state index in [2.05, 4.69) is 25.5 Å². The number of hydrogen-bond acceptors (Lipinski definition) is 10. The van der Waals surface area contributed by atoms with Crippen LogP contribution in [0.25, 0.3) is 22.0 Å². The Labute approximate surface area is 253 Å². The highest BCUT2D eigenvalue weighted by Crippen LogP contribution is 2.32. The summed E-state index contributed by atoms with van der Waals surface area (Å²) < 4.78 is 47.7. The van der Waals surface area contributed by atoms with E-state index in [9.17, 15) is 18.4 Å². The average Bonchev–Trinajstić information content (AvgIpc) is 3.79. The van der Waals surface area contributed by atoms with Crippen molar-refractivity contribution < 1.29 is 27.1 Å². The summed E-state index contributed by atoms with van der Waals surface area (Å²) in [4.78, 5) is 32.8. The number of hydrogen-bond donors (Lipinski definition) is 1. The van der Waals surface area contributed by atoms with Crippen molar-refractivity contribution in [3.63, 3.8) is 0 Å². The first-order chi connectivity index (χ1) is 21.2. The predicted octanol–water partition coefficient (Wildman–Crippen LogP) is 5.29. The van der Waals surface area contributed by atoms with Crippen LogP contribution in [0, 0.1) is 24.6 Å². The maximum atomic E-state index is 14.8. The van der Waals surface area contributed by atoms with Gasteiger partial charge in [-0.1, -0.05) is 0 Å². The maximum absolute atomic E-state index is 14.8. The molecule has 0 aliphatic heterocycles. The zero-order valence-electron chi connectivity index (χ0n) is 24.0. The van der Waals surface area contributed by atoms with E-state index in [1.165, 1.54) is 11.3 Å². The minimum atomic E-state index is -0.864. The number of aromatic nitrogens is 6. The van der Waals surface area contributed by atoms with Gasteiger partial charge in [-0.2, -0.15) is 14.6 Å². The quantitative estimate of drug-likeness (QED) is 0.205. The van der Waals surface area contributed by atoms with E-state index in [-0.39, 0.29) is 35.4 Å². The van der Waals surface area contributed by atoms with Crippen molar-refractivity contribution in [1.29, 1.82) is 0 Å². The number of thiazole rings is 1. The first-order valence-corrected chi connectivity index (χ1v) is 15.0. The number of amides is 1. The van der Waals surface area contributed by atoms with Gasteiger partial charge in [0.05, 0.1) is 18.0 Å². The molecule has 0 saturated heterocycles. The maximum Gasteiger partial charge on any atom is 0.519 e. The summed E-state index contributed by atoms with van der Waals surface area (Å²) in [7, 11) is 0. The summed E-state index contributed by atoms with van der Waals surface area (Å²) >= 11 is 1.24. The van der Waals surface area contributed by atoms with Gasteiger partial charge in [-0.25, -0.2) is 19.2 Å². The number of aryl methyl sites for hydroxylation is 1. The largest absolute Gasteiger partial charge is 0.519 e. The van der Waals surface area contributed by atoms with Crippen LogP contribution in [0.1, 0.15) is 54.6 Å². The third-order valence-electron chi connectivity index (χ3n) is 7.45. The Kier molecular flexibility index (Phi) is 8.48. The molecule has 0 unspecified atom stereocenters. The van der Waals surface area contributed by atoms with Crippen molar-refractivity contribution in [3.05, 3.63) is 75.7 Å². The number of carbonyl (C=O) groups excluding carboxylic acids is 1. The van der Waals surface area contributed by atoms with Crippen molar-refractivity contribution in [3.8, 4) is 22.0 Å². The fourth-order valence-electron chi connectivity index (χ4n) is 5.27. The number of halogens is 2. The summed E-state index contributed by atoms with van der Waals surface area (Å²) in [6, 6.07) is 1.90. The zero-order chi connectivity index (χ0) is 30.8. The van der Waals surface area contributed by atoms with Crippen LogP contribution in [0.4, 0.5) is 14.5 Å². The van der Waals surface area contributed by atoms with Crippen LogP contribution in [0.5, 0.6) is 0 Å². The molecule has 1 amide bonds. The Morgan fingerprint density at radius 2 is 1.93 bits per heavy atom. The Morgan fingerprint density at radius 3 is 2.68 bits per heavy atom. The minimum Gasteiger partial charge on any atom is -0.396 e. The second-order valence-electron chi connectivity index (χ2n) is 10.5. The van der Waals surface area contributed by atoms with E-state index in [1.54, 1.807) is 40.3 Å². The van der Waals surface area contributed by atoms with Crippen LogP contribution in [0.3, 0.4) is 0 Å². The lowest BCUT2D eigenvalue weighted by Crippen LogP contribution is -2.24. The molecule has 5 heterocycles. The summed E-state index contributed by atoms with van der Waals surface area (Å²) in [5.41, 5.74) is 0.686. The lowest BCUT2D eigenvalue weighted by Gasteiger charge is -2.28. The number of nitrogens with one attached hydrogen (secondary N) is 1. The van der Waals surface area contributed by atoms with Gasteiger partial charge in [0.25, 0.3) is 5.91 Å². The van der Waals surface area contributed by atoms with Crippen LogP contribution in [0.2, 0.25) is 0 Å². The third-order valence-corrected chi connectivity index (χ3v) is 8.34. The molecule has 1 fully saturated rings. The highest BCUT2D eigenvalue weighted by molar-refractivity contribution is 7.13. The van der Waals surface area contributed by atoms with Crippen molar-refractivity contribution in [2.45, 2.75) is 58.7 Å². The molecule has 1 N–H and O–H groups in total. The third kappa shape index (κ3) is 6.53. The van der Waals surface area contributed by atoms with Crippen molar-refractivity contribution in [2.24, 2.45) is 5.92 Å². The fourth-order valence-corrected chi connectivity index (χ4v) is 6.05. The number of rotatable bonds is 10. The van der Waals surface area contributed by atoms with Gasteiger partial charge >= 0.3 is 5.82 Å². The van der Waals surface area contributed by atoms with Crippen molar-refractivity contribution in [1.82, 2.24) is 29.5 Å². The van der Waals surface area contributed by atoms with Crippen LogP contribution >= 0.6 is 11.3 Å². The Bertz CT molecular complexity index is 1830. The minimum absolute atomic E-state index is 0.0243. The first-order valence-electron chi connectivity index (χ1n) is 14.2. The molecule has 6 rings (SSSR count). The fraction of sp³-hybridized carbons (Fsp3) is 0.379. The Morgan fingerprint density at radius 1 is 1.11 bits per heavy atom. The van der Waals surface area contributed by atoms with E-state index < -0.39 is 23.5 Å². The molecule has 0 aromatic carbocycles. The number of ether oxygens (including phenoxy) is 1. The second kappa shape index (κ2) is 12.6. The standard InChI is InChI=1S/C29H29F2N7O5S/c1-3-41-19-6-4-17(5-7-19)11-38-13-21(26(36-38)25-20(30)8-9-24(31)35-25)33-27(39)22-15-44-28(34-22)18-10-32-37(12-18)14-23-16(2)42-29(40)43-23/h8-10,12-13,15,17,19H,3-7,11,14H2,1-2H3,(H,33,39). The van der Waals surface area contributed by atoms with E-state index >= 15 is 0 Å². The molecule has 15 heteroatoms. The number of pyridine rings is 1. The van der Waals surface area contributed by atoms with E-state index in [0.717, 1.165) is 37.8 Å². The molecular formula is C29H29F2N7O5S. The van der Waals surface area contributed by atoms with E-state index in [0.29, 0.717) is 41.2 Å². The van der Waals surface area contributed by atoms with Gasteiger partial charge < -0.3 is 18.9 Å². The van der Waals surface area contributed by atoms with Gasteiger partial charge in [0.1, 0.15) is 34.4 Å². The molecule has 44 heavy (non-hydrogen) atoms. The molecule has 12 nitrogen and oxygen atoms in total. The van der Waals surface area contributed by atoms with Crippen LogP contribution < -0.4 is 11.1 Å². The molecule has 0 radical (unpaired) electrons. The molecule has 0 bridgehead atoms. The molecule has 0 spiro atoms. The lowest BCUT2D eigenvalue weighted by molar-refractivity contribution is 0.0234. The lowest BCUT2D eigenvalue weighted by atomic mass is 9.87. The summed E-state index contributed by atoms with van der Waals surface area (Å²) in [6.45, 7) is 5.02. The number of nitrogens with zero attached hydrogens (tertiary/aromatic N) is 6. The van der Waals surface area contributed by atoms with Crippen LogP contribution in [-0.2, 0) is 17.8 Å². The second-order valence-corrected chi connectivity index (χ2v) is 11.4. The van der Waals surface area contributed by atoms with Crippen LogP contribution in [-0.4, -0.2) is 48.1 Å². The molecule has 0 atom stereocenters. The summed E-state index contributed by atoms with van der Waals surface area (Å²) in [5.74, 6) is -1.92. The molecule has 5 aromatic rings. The number of carbonyl (C=O) groups is 1. The SMILES string of the molecule is CCOC1CCC(Cn2cc(NC(=O)c3csc(-c4cnn(Cc5oc(=O)oc5C)c4)n3)c(-c3nc(F)ccc3F)n2)CC1. The highest BCUT2D eigenvalue weighted by atomic mass is 32.1. The molecule has 1 aliphatic rings. The average molecular weight is 626 g/mol. The van der Waals surface area contributed by atoms with Gasteiger partial charge in [0.15, 0.2) is 11.6 Å². The van der Waals surface area contributed by atoms with Gasteiger partial charge in [-0.3, -0.25) is 14.2 Å². The monoisotopic (exact) mass is 625 g/mol. The van der Waals surface area contributed by atoms with Gasteiger partial charge in [-0.05, 0) is 57.6 Å². The van der Waals surface area contributed by atoms with Gasteiger partial charge in [-0.15, -0.1) is 11.3 Å². The molecule has 230 valence electrons. The number of anilines is 1. The molecular weight excluding hydrogens is 596 g/mol. The Balaban J connectivity index is 1.20. The van der Waals surface area contributed by atoms with Crippen molar-refractivity contribution in [2.75, 3.05) is 11.9 Å². The topological polar surface area (TPSA) is 143 Å². The summed E-state index contributed by atoms with van der Waals surface area (Å²) in [6.07, 6.45) is 8.94. The van der Waals surface area contributed by atoms with Crippen LogP contribution in [0.15, 0.2) is 49.7 Å². The van der Waals surface area contributed by atoms with E-state index in [4.69, 9.17) is 13.6 Å². The normalized spacial score (nSPS) is 16.8. The molecule has 5 aromatic heterocycles. The zero-order valence-corrected chi connectivity index (χ0v) is 24.8. The molecule has 1 aliphatic carbocycles.